The van der Waals surface area contributed by atoms with Crippen LogP contribution in [0.2, 0.25) is 0 Å². The quantitative estimate of drug-likeness (QED) is 0.571. The van der Waals surface area contributed by atoms with Crippen LogP contribution in [0.25, 0.3) is 0 Å². The van der Waals surface area contributed by atoms with E-state index in [1.165, 1.54) is 16.7 Å². The van der Waals surface area contributed by atoms with Gasteiger partial charge in [0.15, 0.2) is 7.14 Å². The van der Waals surface area contributed by atoms with Crippen LogP contribution in [0.1, 0.15) is 10.4 Å². The predicted molar refractivity (Wildman–Crippen MR) is 67.7 cm³/mol. The minimum Gasteiger partial charge on any atom is -0.545 e. The van der Waals surface area contributed by atoms with Crippen LogP contribution in [0.15, 0.2) is 42.5 Å². The van der Waals surface area contributed by atoms with Crippen LogP contribution in [0.3, 0.4) is 0 Å². The van der Waals surface area contributed by atoms with Crippen molar-refractivity contribution in [2.45, 2.75) is 0 Å². The number of ether oxygens (including phenoxy) is 2. The lowest BCUT2D eigenvalue weighted by Crippen LogP contribution is -3.61. The monoisotopic (exact) mass is 384 g/mol. The number of carbonyl (C=O) groups is 1. The Morgan fingerprint density at radius 2 is 1.60 bits per heavy atom. The SMILES string of the molecule is COc1ccc([I+]c2cc(OC)cc(C(=O)[O-])c2)cc1. The molecule has 2 aromatic carbocycles. The van der Waals surface area contributed by atoms with E-state index >= 15 is 0 Å². The maximum Gasteiger partial charge on any atom is 0.358 e. The van der Waals surface area contributed by atoms with E-state index in [0.717, 1.165) is 9.32 Å². The molecule has 0 amide bonds. The van der Waals surface area contributed by atoms with Crippen LogP contribution >= 0.6 is 0 Å². The molecule has 0 atom stereocenters. The highest BCUT2D eigenvalue weighted by atomic mass is 127. The Hall–Kier alpha value is -1.76. The van der Waals surface area contributed by atoms with Crippen LogP contribution in [0, 0.1) is 7.14 Å². The van der Waals surface area contributed by atoms with Crippen molar-refractivity contribution in [2.75, 3.05) is 14.2 Å². The van der Waals surface area contributed by atoms with Crippen LogP contribution in [0.4, 0.5) is 0 Å². The Morgan fingerprint density at radius 3 is 2.15 bits per heavy atom. The number of hydrogen-bond donors (Lipinski definition) is 0. The molecule has 0 heterocycles. The van der Waals surface area contributed by atoms with Gasteiger partial charge in [0.25, 0.3) is 0 Å². The molecule has 2 rings (SSSR count). The first-order valence-corrected chi connectivity index (χ1v) is 7.97. The first-order chi connectivity index (χ1) is 9.62. The Balaban J connectivity index is 2.27. The molecule has 0 unspecified atom stereocenters. The van der Waals surface area contributed by atoms with E-state index in [2.05, 4.69) is 0 Å². The Bertz CT molecular complexity index is 608. The first kappa shape index (κ1) is 14.6. The van der Waals surface area contributed by atoms with Crippen molar-refractivity contribution >= 4 is 5.97 Å². The molecule has 2 aromatic rings. The zero-order chi connectivity index (χ0) is 14.5. The topological polar surface area (TPSA) is 58.6 Å². The fourth-order valence-electron chi connectivity index (χ4n) is 1.61. The fourth-order valence-corrected chi connectivity index (χ4v) is 4.00. The van der Waals surface area contributed by atoms with Crippen molar-refractivity contribution in [3.63, 3.8) is 0 Å². The number of aromatic carboxylic acids is 1. The van der Waals surface area contributed by atoms with Crippen LogP contribution in [-0.2, 0) is 0 Å². The van der Waals surface area contributed by atoms with Gasteiger partial charge in [0.05, 0.1) is 20.2 Å². The maximum atomic E-state index is 11.0. The van der Waals surface area contributed by atoms with Gasteiger partial charge in [0.1, 0.15) is 11.5 Å². The number of methoxy groups -OCH3 is 2. The van der Waals surface area contributed by atoms with Gasteiger partial charge in [0.2, 0.25) is 0 Å². The molecule has 0 bridgehead atoms. The van der Waals surface area contributed by atoms with Gasteiger partial charge in [0, 0.05) is 17.7 Å². The number of benzene rings is 2. The van der Waals surface area contributed by atoms with Gasteiger partial charge in [-0.25, -0.2) is 0 Å². The lowest BCUT2D eigenvalue weighted by Gasteiger charge is -2.04. The summed E-state index contributed by atoms with van der Waals surface area (Å²) < 4.78 is 12.4. The van der Waals surface area contributed by atoms with Crippen molar-refractivity contribution in [3.8, 4) is 11.5 Å². The maximum absolute atomic E-state index is 11.0. The molecular formula is C15H13IO4. The van der Waals surface area contributed by atoms with Crippen molar-refractivity contribution < 1.29 is 40.6 Å². The molecule has 0 saturated carbocycles. The smallest absolute Gasteiger partial charge is 0.358 e. The summed E-state index contributed by atoms with van der Waals surface area (Å²) in [6, 6.07) is 12.8. The number of halogens is 1. The number of carboxylic acid groups (broad SMARTS) is 1. The molecule has 0 fully saturated rings. The number of carboxylic acids is 1. The summed E-state index contributed by atoms with van der Waals surface area (Å²) in [4.78, 5) is 11.0. The summed E-state index contributed by atoms with van der Waals surface area (Å²) in [5, 5.41) is 11.0. The van der Waals surface area contributed by atoms with Gasteiger partial charge in [-0.1, -0.05) is 0 Å². The van der Waals surface area contributed by atoms with Crippen LogP contribution in [-0.4, -0.2) is 20.2 Å². The van der Waals surface area contributed by atoms with E-state index in [-0.39, 0.29) is 5.56 Å². The predicted octanol–water partition coefficient (Wildman–Crippen LogP) is -1.80. The third kappa shape index (κ3) is 3.63. The molecule has 0 aliphatic carbocycles. The summed E-state index contributed by atoms with van der Waals surface area (Å²) in [6.45, 7) is 0. The van der Waals surface area contributed by atoms with Crippen molar-refractivity contribution in [1.29, 1.82) is 0 Å². The van der Waals surface area contributed by atoms with E-state index in [0.29, 0.717) is 5.75 Å². The largest absolute Gasteiger partial charge is 0.545 e. The normalized spacial score (nSPS) is 10.1. The van der Waals surface area contributed by atoms with Gasteiger partial charge >= 0.3 is 21.2 Å². The third-order valence-electron chi connectivity index (χ3n) is 2.61. The Morgan fingerprint density at radius 1 is 0.950 bits per heavy atom. The van der Waals surface area contributed by atoms with Crippen LogP contribution in [0.5, 0.6) is 11.5 Å². The molecule has 0 aromatic heterocycles. The molecule has 0 radical (unpaired) electrons. The highest BCUT2D eigenvalue weighted by Crippen LogP contribution is 2.12. The molecule has 20 heavy (non-hydrogen) atoms. The second-order valence-electron chi connectivity index (χ2n) is 3.92. The molecule has 4 nitrogen and oxygen atoms in total. The molecular weight excluding hydrogens is 371 g/mol. The average molecular weight is 384 g/mol. The summed E-state index contributed by atoms with van der Waals surface area (Å²) in [5.74, 6) is 0.151. The van der Waals surface area contributed by atoms with E-state index in [1.54, 1.807) is 13.2 Å². The number of hydrogen-bond acceptors (Lipinski definition) is 4. The summed E-state index contributed by atoms with van der Waals surface area (Å²) >= 11 is -0.481. The van der Waals surface area contributed by atoms with Crippen molar-refractivity contribution in [2.24, 2.45) is 0 Å². The molecule has 0 aliphatic heterocycles. The lowest BCUT2D eigenvalue weighted by atomic mass is 10.2. The zero-order valence-corrected chi connectivity index (χ0v) is 13.2. The third-order valence-corrected chi connectivity index (χ3v) is 5.20. The van der Waals surface area contributed by atoms with Gasteiger partial charge < -0.3 is 19.4 Å². The number of carbonyl (C=O) groups excluding carboxylic acids is 1. The van der Waals surface area contributed by atoms with E-state index < -0.39 is 27.2 Å². The summed E-state index contributed by atoms with van der Waals surface area (Å²) in [5.41, 5.74) is 0.146. The van der Waals surface area contributed by atoms with E-state index in [1.807, 2.05) is 30.3 Å². The van der Waals surface area contributed by atoms with Gasteiger partial charge in [-0.05, 0) is 30.3 Å². The second-order valence-corrected chi connectivity index (χ2v) is 6.95. The van der Waals surface area contributed by atoms with Crippen LogP contribution < -0.4 is 35.8 Å². The molecule has 0 N–H and O–H groups in total. The van der Waals surface area contributed by atoms with Gasteiger partial charge in [-0.3, -0.25) is 0 Å². The zero-order valence-electron chi connectivity index (χ0n) is 11.1. The Labute approximate surface area is 127 Å². The van der Waals surface area contributed by atoms with Crippen molar-refractivity contribution in [3.05, 3.63) is 55.2 Å². The van der Waals surface area contributed by atoms with Crippen molar-refractivity contribution in [1.82, 2.24) is 0 Å². The average Bonchev–Trinajstić information content (AvgIpc) is 2.47. The second kappa shape index (κ2) is 6.60. The highest BCUT2D eigenvalue weighted by molar-refractivity contribution is 5.86. The Kier molecular flexibility index (Phi) is 4.84. The minimum absolute atomic E-state index is 0.146. The minimum atomic E-state index is -1.19. The summed E-state index contributed by atoms with van der Waals surface area (Å²) in [7, 11) is 3.14. The molecule has 5 heteroatoms. The standard InChI is InChI=1S/C15H13IO4/c1-19-13-5-3-11(4-6-13)16-12-7-10(15(17)18)8-14(9-12)20-2/h3-9H,1-2H3. The molecule has 104 valence electrons. The lowest BCUT2D eigenvalue weighted by molar-refractivity contribution is -0.597. The molecule has 0 saturated heterocycles. The fraction of sp³-hybridized carbons (Fsp3) is 0.133. The van der Waals surface area contributed by atoms with Gasteiger partial charge in [-0.15, -0.1) is 0 Å². The van der Waals surface area contributed by atoms with Gasteiger partial charge in [-0.2, -0.15) is 0 Å². The van der Waals surface area contributed by atoms with E-state index in [9.17, 15) is 9.90 Å². The molecule has 0 aliphatic rings. The van der Waals surface area contributed by atoms with E-state index in [4.69, 9.17) is 9.47 Å². The first-order valence-electron chi connectivity index (χ1n) is 5.81. The molecule has 0 spiro atoms. The summed E-state index contributed by atoms with van der Waals surface area (Å²) in [6.07, 6.45) is 0. The number of rotatable bonds is 5. The highest BCUT2D eigenvalue weighted by Gasteiger charge is 2.18.